The summed E-state index contributed by atoms with van der Waals surface area (Å²) in [6.07, 6.45) is 2.11. The molecule has 0 spiro atoms. The van der Waals surface area contributed by atoms with Crippen molar-refractivity contribution in [2.75, 3.05) is 24.7 Å². The van der Waals surface area contributed by atoms with Crippen molar-refractivity contribution >= 4 is 16.7 Å². The zero-order valence-corrected chi connectivity index (χ0v) is 11.6. The van der Waals surface area contributed by atoms with Gasteiger partial charge in [0.05, 0.1) is 13.2 Å². The number of hydrogen-bond acceptors (Lipinski definition) is 2. The third kappa shape index (κ3) is 2.21. The lowest BCUT2D eigenvalue weighted by Gasteiger charge is -2.26. The van der Waals surface area contributed by atoms with Crippen LogP contribution in [0.5, 0.6) is 0 Å². The average Bonchev–Trinajstić information content (AvgIpc) is 2.40. The first-order valence-electron chi connectivity index (χ1n) is 6.63. The molecule has 0 aromatic heterocycles. The van der Waals surface area contributed by atoms with Crippen LogP contribution < -0.4 is 0 Å². The van der Waals surface area contributed by atoms with E-state index in [-0.39, 0.29) is 16.1 Å². The largest absolute Gasteiger partial charge is 0.372 e. The molecule has 2 aliphatic rings. The molecular formula is C15H19O2S+. The minimum absolute atomic E-state index is 0.252. The maximum atomic E-state index is 12.6. The molecule has 0 amide bonds. The van der Waals surface area contributed by atoms with E-state index in [4.69, 9.17) is 4.74 Å². The van der Waals surface area contributed by atoms with Crippen molar-refractivity contribution in [2.24, 2.45) is 0 Å². The van der Waals surface area contributed by atoms with Gasteiger partial charge in [-0.3, -0.25) is 4.79 Å². The number of benzene rings is 1. The van der Waals surface area contributed by atoms with E-state index in [1.165, 1.54) is 11.1 Å². The minimum atomic E-state index is 0.252. The summed E-state index contributed by atoms with van der Waals surface area (Å²) in [6, 6.07) is 6.27. The molecule has 0 radical (unpaired) electrons. The van der Waals surface area contributed by atoms with Crippen LogP contribution in [0.4, 0.5) is 0 Å². The van der Waals surface area contributed by atoms with Crippen LogP contribution in [-0.2, 0) is 22.1 Å². The molecule has 1 aliphatic heterocycles. The Morgan fingerprint density at radius 3 is 2.83 bits per heavy atom. The highest BCUT2D eigenvalue weighted by Gasteiger charge is 2.41. The highest BCUT2D eigenvalue weighted by Crippen LogP contribution is 2.28. The topological polar surface area (TPSA) is 26.3 Å². The van der Waals surface area contributed by atoms with Crippen LogP contribution in [0.3, 0.4) is 0 Å². The predicted octanol–water partition coefficient (Wildman–Crippen LogP) is 2.14. The molecule has 0 N–H and O–H groups in total. The molecule has 1 aromatic rings. The molecule has 1 heterocycles. The van der Waals surface area contributed by atoms with Crippen molar-refractivity contribution in [3.63, 3.8) is 0 Å². The summed E-state index contributed by atoms with van der Waals surface area (Å²) >= 11 is 0. The average molecular weight is 263 g/mol. The molecule has 1 aromatic carbocycles. The molecule has 96 valence electrons. The lowest BCUT2D eigenvalue weighted by molar-refractivity contribution is 0.0976. The Hall–Kier alpha value is -0.800. The molecule has 1 saturated heterocycles. The molecule has 1 unspecified atom stereocenters. The lowest BCUT2D eigenvalue weighted by atomic mass is 9.89. The summed E-state index contributed by atoms with van der Waals surface area (Å²) in [5, 5.41) is 0.268. The number of carbonyl (C=O) groups is 1. The highest BCUT2D eigenvalue weighted by atomic mass is 32.2. The number of carbonyl (C=O) groups excluding carboxylic acids is 1. The second kappa shape index (κ2) is 5.06. The lowest BCUT2D eigenvalue weighted by Crippen LogP contribution is -2.42. The van der Waals surface area contributed by atoms with E-state index in [0.717, 1.165) is 43.1 Å². The zero-order valence-electron chi connectivity index (χ0n) is 10.8. The summed E-state index contributed by atoms with van der Waals surface area (Å²) < 4.78 is 5.41. The Bertz CT molecular complexity index is 464. The van der Waals surface area contributed by atoms with E-state index >= 15 is 0 Å². The number of hydrogen-bond donors (Lipinski definition) is 0. The van der Waals surface area contributed by atoms with Crippen LogP contribution in [0.15, 0.2) is 18.2 Å². The molecule has 3 rings (SSSR count). The van der Waals surface area contributed by atoms with Gasteiger partial charge in [0, 0.05) is 22.9 Å². The van der Waals surface area contributed by atoms with Crippen LogP contribution >= 0.6 is 0 Å². The van der Waals surface area contributed by atoms with Gasteiger partial charge in [0.1, 0.15) is 11.5 Å². The summed E-state index contributed by atoms with van der Waals surface area (Å²) in [5.74, 6) is 2.55. The van der Waals surface area contributed by atoms with Crippen molar-refractivity contribution in [3.05, 3.63) is 34.9 Å². The molecule has 1 fully saturated rings. The summed E-state index contributed by atoms with van der Waals surface area (Å²) in [6.45, 7) is 3.78. The van der Waals surface area contributed by atoms with E-state index in [1.54, 1.807) is 0 Å². The van der Waals surface area contributed by atoms with Gasteiger partial charge in [-0.05, 0) is 18.9 Å². The van der Waals surface area contributed by atoms with Gasteiger partial charge in [0.2, 0.25) is 5.78 Å². The van der Waals surface area contributed by atoms with Crippen LogP contribution in [0.25, 0.3) is 0 Å². The minimum Gasteiger partial charge on any atom is -0.372 e. The van der Waals surface area contributed by atoms with Gasteiger partial charge in [-0.25, -0.2) is 0 Å². The normalized spacial score (nSPS) is 24.9. The van der Waals surface area contributed by atoms with Crippen molar-refractivity contribution in [3.8, 4) is 0 Å². The van der Waals surface area contributed by atoms with Crippen molar-refractivity contribution in [1.29, 1.82) is 0 Å². The van der Waals surface area contributed by atoms with Gasteiger partial charge in [-0.1, -0.05) is 23.8 Å². The maximum Gasteiger partial charge on any atom is 0.215 e. The quantitative estimate of drug-likeness (QED) is 0.726. The first-order chi connectivity index (χ1) is 8.75. The standard InChI is InChI=1S/C15H19O2S/c1-11-2-4-13-12(10-11)3-5-14(15(13)16)18-8-6-17-7-9-18/h2,4,10,14H,3,5-9H2,1H3/q+1. The third-order valence-corrected chi connectivity index (χ3v) is 6.51. The summed E-state index contributed by atoms with van der Waals surface area (Å²) in [4.78, 5) is 12.6. The number of ketones is 1. The fourth-order valence-corrected chi connectivity index (χ4v) is 5.22. The summed E-state index contributed by atoms with van der Waals surface area (Å²) in [7, 11) is 0.252. The molecular weight excluding hydrogens is 244 g/mol. The SMILES string of the molecule is Cc1ccc2c(c1)CCC([S+]1CCOCC1)C2=O. The number of rotatable bonds is 1. The van der Waals surface area contributed by atoms with E-state index in [9.17, 15) is 4.79 Å². The first-order valence-corrected chi connectivity index (χ1v) is 8.26. The van der Waals surface area contributed by atoms with Gasteiger partial charge < -0.3 is 4.74 Å². The number of ether oxygens (including phenoxy) is 1. The van der Waals surface area contributed by atoms with Crippen LogP contribution in [-0.4, -0.2) is 35.8 Å². The summed E-state index contributed by atoms with van der Waals surface area (Å²) in [5.41, 5.74) is 3.50. The number of fused-ring (bicyclic) bond motifs is 1. The number of aryl methyl sites for hydroxylation is 2. The Morgan fingerprint density at radius 1 is 1.28 bits per heavy atom. The van der Waals surface area contributed by atoms with Gasteiger partial charge in [-0.15, -0.1) is 0 Å². The molecule has 3 heteroatoms. The molecule has 18 heavy (non-hydrogen) atoms. The Morgan fingerprint density at radius 2 is 2.06 bits per heavy atom. The van der Waals surface area contributed by atoms with Crippen molar-refractivity contribution in [1.82, 2.24) is 0 Å². The molecule has 0 saturated carbocycles. The fourth-order valence-electron chi connectivity index (χ4n) is 2.90. The highest BCUT2D eigenvalue weighted by molar-refractivity contribution is 7.98. The van der Waals surface area contributed by atoms with Crippen molar-refractivity contribution < 1.29 is 9.53 Å². The van der Waals surface area contributed by atoms with Gasteiger partial charge >= 0.3 is 0 Å². The Balaban J connectivity index is 1.84. The number of Topliss-reactive ketones (excluding diaryl/α,β-unsaturated/α-hetero) is 1. The maximum absolute atomic E-state index is 12.6. The van der Waals surface area contributed by atoms with E-state index in [1.807, 2.05) is 6.07 Å². The van der Waals surface area contributed by atoms with Crippen LogP contribution in [0.1, 0.15) is 27.9 Å². The Labute approximate surface area is 111 Å². The molecule has 1 atom stereocenters. The van der Waals surface area contributed by atoms with E-state index in [2.05, 4.69) is 19.1 Å². The van der Waals surface area contributed by atoms with Crippen LogP contribution in [0.2, 0.25) is 0 Å². The monoisotopic (exact) mass is 263 g/mol. The molecule has 0 bridgehead atoms. The second-order valence-electron chi connectivity index (χ2n) is 5.11. The zero-order chi connectivity index (χ0) is 12.5. The predicted molar refractivity (Wildman–Crippen MR) is 75.5 cm³/mol. The van der Waals surface area contributed by atoms with Gasteiger partial charge in [-0.2, -0.15) is 0 Å². The van der Waals surface area contributed by atoms with E-state index in [0.29, 0.717) is 5.78 Å². The third-order valence-electron chi connectivity index (χ3n) is 3.88. The first kappa shape index (κ1) is 12.2. The second-order valence-corrected chi connectivity index (χ2v) is 7.57. The smallest absolute Gasteiger partial charge is 0.215 e. The fraction of sp³-hybridized carbons (Fsp3) is 0.533. The molecule has 1 aliphatic carbocycles. The molecule has 2 nitrogen and oxygen atoms in total. The van der Waals surface area contributed by atoms with E-state index < -0.39 is 0 Å². The Kier molecular flexibility index (Phi) is 3.44. The van der Waals surface area contributed by atoms with Gasteiger partial charge in [0.25, 0.3) is 0 Å². The van der Waals surface area contributed by atoms with Crippen molar-refractivity contribution in [2.45, 2.75) is 25.0 Å². The van der Waals surface area contributed by atoms with Crippen LogP contribution in [0, 0.1) is 6.92 Å². The van der Waals surface area contributed by atoms with Gasteiger partial charge in [0.15, 0.2) is 5.25 Å².